The second kappa shape index (κ2) is 7.40. The van der Waals surface area contributed by atoms with Gasteiger partial charge in [0.05, 0.1) is 12.7 Å². The number of nitrogens with two attached hydrogens (primary N) is 1. The predicted molar refractivity (Wildman–Crippen MR) is 81.0 cm³/mol. The van der Waals surface area contributed by atoms with Crippen LogP contribution in [0.5, 0.6) is 0 Å². The summed E-state index contributed by atoms with van der Waals surface area (Å²) in [7, 11) is 3.85. The molecule has 6 heteroatoms. The molecule has 20 heavy (non-hydrogen) atoms. The Bertz CT molecular complexity index is 404. The average Bonchev–Trinajstić information content (AvgIpc) is 2.46. The van der Waals surface area contributed by atoms with Gasteiger partial charge in [-0.3, -0.25) is 0 Å². The Kier molecular flexibility index (Phi) is 5.55. The first-order chi connectivity index (χ1) is 9.65. The quantitative estimate of drug-likeness (QED) is 0.763. The zero-order valence-electron chi connectivity index (χ0n) is 12.4. The van der Waals surface area contributed by atoms with Crippen LogP contribution in [0.2, 0.25) is 0 Å². The molecule has 0 saturated heterocycles. The largest absolute Gasteiger partial charge is 0.376 e. The van der Waals surface area contributed by atoms with Gasteiger partial charge >= 0.3 is 0 Å². The van der Waals surface area contributed by atoms with E-state index < -0.39 is 0 Å². The maximum Gasteiger partial charge on any atom is 0.226 e. The highest BCUT2D eigenvalue weighted by Gasteiger charge is 2.18. The second-order valence-electron chi connectivity index (χ2n) is 5.47. The number of rotatable bonds is 6. The summed E-state index contributed by atoms with van der Waals surface area (Å²) in [5.74, 6) is 1.54. The van der Waals surface area contributed by atoms with Crippen LogP contribution in [0, 0.1) is 0 Å². The highest BCUT2D eigenvalue weighted by Crippen LogP contribution is 2.19. The van der Waals surface area contributed by atoms with E-state index in [-0.39, 0.29) is 0 Å². The molecule has 0 aliphatic heterocycles. The number of aromatic nitrogens is 2. The smallest absolute Gasteiger partial charge is 0.226 e. The molecule has 1 heterocycles. The lowest BCUT2D eigenvalue weighted by atomic mass is 9.94. The SMILES string of the molecule is CN(C)c1nccc(NCCOC2CCC(N)CC2)n1. The number of hydrogen-bond acceptors (Lipinski definition) is 6. The summed E-state index contributed by atoms with van der Waals surface area (Å²) in [6, 6.07) is 2.24. The van der Waals surface area contributed by atoms with Crippen molar-refractivity contribution < 1.29 is 4.74 Å². The van der Waals surface area contributed by atoms with E-state index in [1.807, 2.05) is 25.1 Å². The molecule has 1 aliphatic rings. The molecule has 1 saturated carbocycles. The van der Waals surface area contributed by atoms with Crippen molar-refractivity contribution in [2.24, 2.45) is 5.73 Å². The van der Waals surface area contributed by atoms with Crippen molar-refractivity contribution in [2.75, 3.05) is 37.5 Å². The molecule has 1 aliphatic carbocycles. The Labute approximate surface area is 120 Å². The van der Waals surface area contributed by atoms with Gasteiger partial charge < -0.3 is 20.7 Å². The summed E-state index contributed by atoms with van der Waals surface area (Å²) >= 11 is 0. The van der Waals surface area contributed by atoms with Gasteiger partial charge in [-0.05, 0) is 31.7 Å². The normalized spacial score (nSPS) is 22.6. The molecule has 2 rings (SSSR count). The van der Waals surface area contributed by atoms with Gasteiger partial charge in [0.1, 0.15) is 5.82 Å². The fraction of sp³-hybridized carbons (Fsp3) is 0.714. The van der Waals surface area contributed by atoms with E-state index in [0.717, 1.165) is 38.0 Å². The number of ether oxygens (including phenoxy) is 1. The third-order valence-corrected chi connectivity index (χ3v) is 3.52. The van der Waals surface area contributed by atoms with Gasteiger partial charge in [0.25, 0.3) is 0 Å². The summed E-state index contributed by atoms with van der Waals surface area (Å²) < 4.78 is 5.86. The highest BCUT2D eigenvalue weighted by molar-refractivity contribution is 5.40. The number of nitrogens with zero attached hydrogens (tertiary/aromatic N) is 3. The minimum atomic E-state index is 0.374. The maximum atomic E-state index is 5.88. The van der Waals surface area contributed by atoms with E-state index in [9.17, 15) is 0 Å². The number of nitrogens with one attached hydrogen (secondary N) is 1. The van der Waals surface area contributed by atoms with Gasteiger partial charge in [-0.25, -0.2) is 4.98 Å². The summed E-state index contributed by atoms with van der Waals surface area (Å²) in [6.45, 7) is 1.45. The van der Waals surface area contributed by atoms with Crippen molar-refractivity contribution in [1.29, 1.82) is 0 Å². The van der Waals surface area contributed by atoms with E-state index in [1.54, 1.807) is 6.20 Å². The molecule has 0 bridgehead atoms. The summed E-state index contributed by atoms with van der Waals surface area (Å²) in [4.78, 5) is 10.5. The minimum absolute atomic E-state index is 0.374. The lowest BCUT2D eigenvalue weighted by Gasteiger charge is -2.26. The highest BCUT2D eigenvalue weighted by atomic mass is 16.5. The zero-order valence-corrected chi connectivity index (χ0v) is 12.4. The van der Waals surface area contributed by atoms with Crippen LogP contribution in [0.4, 0.5) is 11.8 Å². The molecule has 0 aromatic carbocycles. The minimum Gasteiger partial charge on any atom is -0.376 e. The number of hydrogen-bond donors (Lipinski definition) is 2. The molecule has 0 atom stereocenters. The van der Waals surface area contributed by atoms with Crippen LogP contribution in [0.1, 0.15) is 25.7 Å². The Balaban J connectivity index is 1.67. The summed E-state index contributed by atoms with van der Waals surface area (Å²) in [5.41, 5.74) is 5.88. The molecule has 0 amide bonds. The van der Waals surface area contributed by atoms with Gasteiger partial charge in [0.15, 0.2) is 0 Å². The topological polar surface area (TPSA) is 76.3 Å². The van der Waals surface area contributed by atoms with Crippen molar-refractivity contribution in [3.05, 3.63) is 12.3 Å². The van der Waals surface area contributed by atoms with Gasteiger partial charge in [-0.2, -0.15) is 4.98 Å². The fourth-order valence-corrected chi connectivity index (χ4v) is 2.32. The third kappa shape index (κ3) is 4.61. The van der Waals surface area contributed by atoms with E-state index in [1.165, 1.54) is 0 Å². The van der Waals surface area contributed by atoms with Crippen molar-refractivity contribution in [1.82, 2.24) is 9.97 Å². The van der Waals surface area contributed by atoms with Gasteiger partial charge in [0.2, 0.25) is 5.95 Å². The molecular formula is C14H25N5O. The zero-order chi connectivity index (χ0) is 14.4. The van der Waals surface area contributed by atoms with Crippen molar-refractivity contribution in [2.45, 2.75) is 37.8 Å². The molecule has 0 unspecified atom stereocenters. The first-order valence-corrected chi connectivity index (χ1v) is 7.26. The van der Waals surface area contributed by atoms with Crippen LogP contribution in [0.15, 0.2) is 12.3 Å². The maximum absolute atomic E-state index is 5.88. The van der Waals surface area contributed by atoms with Crippen LogP contribution in [0.3, 0.4) is 0 Å². The predicted octanol–water partition coefficient (Wildman–Crippen LogP) is 1.24. The first-order valence-electron chi connectivity index (χ1n) is 7.26. The molecule has 3 N–H and O–H groups in total. The van der Waals surface area contributed by atoms with E-state index in [0.29, 0.717) is 24.7 Å². The van der Waals surface area contributed by atoms with Crippen LogP contribution >= 0.6 is 0 Å². The lowest BCUT2D eigenvalue weighted by Crippen LogP contribution is -2.31. The van der Waals surface area contributed by atoms with Crippen molar-refractivity contribution in [3.8, 4) is 0 Å². The van der Waals surface area contributed by atoms with Gasteiger partial charge in [-0.1, -0.05) is 0 Å². The van der Waals surface area contributed by atoms with Gasteiger partial charge in [-0.15, -0.1) is 0 Å². The Morgan fingerprint density at radius 3 is 2.80 bits per heavy atom. The van der Waals surface area contributed by atoms with Crippen molar-refractivity contribution >= 4 is 11.8 Å². The van der Waals surface area contributed by atoms with Crippen LogP contribution in [0.25, 0.3) is 0 Å². The lowest BCUT2D eigenvalue weighted by molar-refractivity contribution is 0.0313. The molecular weight excluding hydrogens is 254 g/mol. The average molecular weight is 279 g/mol. The van der Waals surface area contributed by atoms with E-state index >= 15 is 0 Å². The fourth-order valence-electron chi connectivity index (χ4n) is 2.32. The standard InChI is InChI=1S/C14H25N5O/c1-19(2)14-17-8-7-13(18-14)16-9-10-20-12-5-3-11(15)4-6-12/h7-8,11-12H,3-6,9-10,15H2,1-2H3,(H,16,17,18). The van der Waals surface area contributed by atoms with E-state index in [4.69, 9.17) is 10.5 Å². The summed E-state index contributed by atoms with van der Waals surface area (Å²) in [6.07, 6.45) is 6.46. The van der Waals surface area contributed by atoms with Crippen molar-refractivity contribution in [3.63, 3.8) is 0 Å². The molecule has 112 valence electrons. The third-order valence-electron chi connectivity index (χ3n) is 3.52. The Morgan fingerprint density at radius 1 is 1.35 bits per heavy atom. The van der Waals surface area contributed by atoms with Crippen LogP contribution in [-0.2, 0) is 4.74 Å². The number of anilines is 2. The molecule has 1 aromatic heterocycles. The van der Waals surface area contributed by atoms with Gasteiger partial charge in [0, 0.05) is 32.9 Å². The molecule has 6 nitrogen and oxygen atoms in total. The second-order valence-corrected chi connectivity index (χ2v) is 5.47. The Morgan fingerprint density at radius 2 is 2.10 bits per heavy atom. The molecule has 1 fully saturated rings. The van der Waals surface area contributed by atoms with Crippen LogP contribution in [-0.4, -0.2) is 49.4 Å². The Hall–Kier alpha value is -1.40. The monoisotopic (exact) mass is 279 g/mol. The van der Waals surface area contributed by atoms with E-state index in [2.05, 4.69) is 15.3 Å². The first kappa shape index (κ1) is 15.0. The molecule has 1 aromatic rings. The summed E-state index contributed by atoms with van der Waals surface area (Å²) in [5, 5.41) is 3.26. The molecule has 0 radical (unpaired) electrons. The van der Waals surface area contributed by atoms with Crippen LogP contribution < -0.4 is 16.0 Å². The molecule has 0 spiro atoms.